The summed E-state index contributed by atoms with van der Waals surface area (Å²) in [6.45, 7) is 4.93. The number of aromatic nitrogens is 1. The predicted octanol–water partition coefficient (Wildman–Crippen LogP) is 6.64. The summed E-state index contributed by atoms with van der Waals surface area (Å²) in [6.07, 6.45) is 8.85. The van der Waals surface area contributed by atoms with Crippen LogP contribution in [-0.2, 0) is 4.74 Å². The fraction of sp³-hybridized carbons (Fsp3) is 0.487. The quantitative estimate of drug-likeness (QED) is 0.0729. The number of phenolic OH excluding ortho intramolecular Hbond substituents is 1. The molecule has 2 aromatic carbocycles. The van der Waals surface area contributed by atoms with Gasteiger partial charge in [0.15, 0.2) is 0 Å². The van der Waals surface area contributed by atoms with Crippen LogP contribution in [-0.4, -0.2) is 71.6 Å². The van der Waals surface area contributed by atoms with Crippen LogP contribution in [0, 0.1) is 5.92 Å². The Morgan fingerprint density at radius 1 is 0.980 bits per heavy atom. The van der Waals surface area contributed by atoms with Gasteiger partial charge in [-0.1, -0.05) is 56.4 Å². The summed E-state index contributed by atoms with van der Waals surface area (Å²) < 4.78 is 12.1. The van der Waals surface area contributed by atoms with E-state index in [0.717, 1.165) is 87.3 Å². The number of amides is 1. The van der Waals surface area contributed by atoms with Gasteiger partial charge in [0, 0.05) is 29.4 Å². The number of carbonyl (C=O) groups is 1. The molecule has 0 radical (unpaired) electrons. The number of unbranched alkanes of at least 4 members (excludes halogenated alkanes) is 6. The summed E-state index contributed by atoms with van der Waals surface area (Å²) in [6, 6.07) is 18.0. The van der Waals surface area contributed by atoms with Gasteiger partial charge < -0.3 is 35.3 Å². The average molecular weight is 703 g/mol. The van der Waals surface area contributed by atoms with E-state index in [9.17, 15) is 19.8 Å². The van der Waals surface area contributed by atoms with Gasteiger partial charge >= 0.3 is 6.09 Å². The minimum Gasteiger partial charge on any atom is -0.506 e. The SMILES string of the molecule is O=C(NC(c1cccc(OCCCCCCCCCNC[C@H](O)c2ccc(O)c3[nH]c(=O)ccc23)c1)c1cccs1)O[C@H]1CN2CCC1CC2. The second kappa shape index (κ2) is 17.8. The highest BCUT2D eigenvalue weighted by molar-refractivity contribution is 7.10. The van der Waals surface area contributed by atoms with Gasteiger partial charge in [0.05, 0.1) is 24.3 Å². The first-order valence-corrected chi connectivity index (χ1v) is 19.0. The molecule has 5 N–H and O–H groups in total. The second-order valence-electron chi connectivity index (χ2n) is 13.6. The van der Waals surface area contributed by atoms with Crippen LogP contribution in [0.2, 0.25) is 0 Å². The van der Waals surface area contributed by atoms with Gasteiger partial charge in [-0.3, -0.25) is 9.69 Å². The van der Waals surface area contributed by atoms with E-state index in [1.807, 2.05) is 41.8 Å². The van der Waals surface area contributed by atoms with Gasteiger partial charge in [-0.2, -0.15) is 0 Å². The lowest BCUT2D eigenvalue weighted by Crippen LogP contribution is -2.52. The number of rotatable bonds is 18. The maximum absolute atomic E-state index is 13.1. The standard InChI is InChI=1S/C39H50N4O6S/c44-32-15-13-30(31-14-16-36(46)41-38(31)32)33(45)25-40-19-6-4-2-1-3-5-7-22-48-29-11-8-10-28(24-29)37(35-12-9-23-50-35)42-39(47)49-34-26-43-20-17-27(34)18-21-43/h8-16,23-24,27,33-34,37,40,44-45H,1-7,17-22,25-26H2,(H,41,46)(H,42,47)/t33-,34-,37?/m0/s1. The number of carbonyl (C=O) groups excluding carboxylic acids is 1. The number of fused-ring (bicyclic) bond motifs is 4. The van der Waals surface area contributed by atoms with Crippen molar-refractivity contribution in [3.8, 4) is 11.5 Å². The first kappa shape index (κ1) is 35.9. The van der Waals surface area contributed by atoms with Crippen molar-refractivity contribution in [1.82, 2.24) is 20.5 Å². The monoisotopic (exact) mass is 702 g/mol. The molecule has 0 aliphatic carbocycles. The normalized spacial score (nSPS) is 19.7. The number of hydrogen-bond acceptors (Lipinski definition) is 9. The molecule has 2 bridgehead atoms. The Kier molecular flexibility index (Phi) is 12.8. The van der Waals surface area contributed by atoms with Crippen LogP contribution in [0.4, 0.5) is 4.79 Å². The Balaban J connectivity index is 0.847. The van der Waals surface area contributed by atoms with Gasteiger partial charge in [0.2, 0.25) is 5.56 Å². The summed E-state index contributed by atoms with van der Waals surface area (Å²) in [5, 5.41) is 29.9. The summed E-state index contributed by atoms with van der Waals surface area (Å²) in [4.78, 5) is 30.8. The van der Waals surface area contributed by atoms with E-state index < -0.39 is 6.10 Å². The van der Waals surface area contributed by atoms with Crippen molar-refractivity contribution in [2.24, 2.45) is 5.92 Å². The van der Waals surface area contributed by atoms with Crippen molar-refractivity contribution in [2.45, 2.75) is 76.0 Å². The zero-order chi connectivity index (χ0) is 34.7. The number of ether oxygens (including phenoxy) is 2. The Labute approximate surface area is 297 Å². The maximum Gasteiger partial charge on any atom is 0.408 e. The minimum absolute atomic E-state index is 0.00804. The molecule has 268 valence electrons. The minimum atomic E-state index is -0.740. The highest BCUT2D eigenvalue weighted by atomic mass is 32.1. The number of benzene rings is 2. The lowest BCUT2D eigenvalue weighted by Gasteiger charge is -2.43. The van der Waals surface area contributed by atoms with Gasteiger partial charge in [-0.15, -0.1) is 11.3 Å². The maximum atomic E-state index is 13.1. The van der Waals surface area contributed by atoms with Crippen LogP contribution in [0.25, 0.3) is 10.9 Å². The smallest absolute Gasteiger partial charge is 0.408 e. The van der Waals surface area contributed by atoms with Gasteiger partial charge in [-0.05, 0) is 98.1 Å². The number of aliphatic hydroxyl groups is 1. The summed E-state index contributed by atoms with van der Waals surface area (Å²) in [5.41, 5.74) is 1.71. The summed E-state index contributed by atoms with van der Waals surface area (Å²) >= 11 is 1.62. The van der Waals surface area contributed by atoms with Crippen LogP contribution < -0.4 is 20.9 Å². The molecular formula is C39H50N4O6S. The number of H-pyrrole nitrogens is 1. The molecule has 0 spiro atoms. The number of nitrogens with one attached hydrogen (secondary N) is 3. The van der Waals surface area contributed by atoms with E-state index in [0.29, 0.717) is 35.5 Å². The lowest BCUT2D eigenvalue weighted by atomic mass is 9.86. The molecule has 3 atom stereocenters. The number of phenols is 1. The van der Waals surface area contributed by atoms with Gasteiger partial charge in [0.25, 0.3) is 0 Å². The highest BCUT2D eigenvalue weighted by Crippen LogP contribution is 2.32. The molecule has 50 heavy (non-hydrogen) atoms. The number of piperidine rings is 3. The van der Waals surface area contributed by atoms with Gasteiger partial charge in [-0.25, -0.2) is 4.79 Å². The third-order valence-corrected chi connectivity index (χ3v) is 10.9. The number of hydrogen-bond donors (Lipinski definition) is 5. The second-order valence-corrected chi connectivity index (χ2v) is 14.6. The van der Waals surface area contributed by atoms with Crippen molar-refractivity contribution in [1.29, 1.82) is 0 Å². The number of aromatic hydroxyl groups is 1. The molecular weight excluding hydrogens is 653 g/mol. The van der Waals surface area contributed by atoms with Crippen LogP contribution in [0.1, 0.15) is 85.9 Å². The zero-order valence-corrected chi connectivity index (χ0v) is 29.5. The highest BCUT2D eigenvalue weighted by Gasteiger charge is 2.37. The molecule has 4 aromatic rings. The number of aliphatic hydroxyl groups excluding tert-OH is 1. The number of thiophene rings is 1. The van der Waals surface area contributed by atoms with E-state index in [4.69, 9.17) is 9.47 Å². The molecule has 3 saturated heterocycles. The molecule has 7 rings (SSSR count). The Morgan fingerprint density at radius 2 is 1.78 bits per heavy atom. The number of alkyl carbamates (subject to hydrolysis) is 1. The first-order valence-electron chi connectivity index (χ1n) is 18.1. The third kappa shape index (κ3) is 9.66. The molecule has 0 saturated carbocycles. The Morgan fingerprint density at radius 3 is 2.54 bits per heavy atom. The van der Waals surface area contributed by atoms with Crippen molar-refractivity contribution >= 4 is 28.3 Å². The third-order valence-electron chi connectivity index (χ3n) is 10.0. The largest absolute Gasteiger partial charge is 0.506 e. The molecule has 1 amide bonds. The van der Waals surface area contributed by atoms with Crippen molar-refractivity contribution in [3.05, 3.63) is 92.4 Å². The molecule has 3 fully saturated rings. The van der Waals surface area contributed by atoms with E-state index in [-0.39, 0.29) is 29.5 Å². The van der Waals surface area contributed by atoms with E-state index in [2.05, 4.69) is 20.5 Å². The fourth-order valence-corrected chi connectivity index (χ4v) is 8.02. The molecule has 10 nitrogen and oxygen atoms in total. The van der Waals surface area contributed by atoms with Crippen LogP contribution >= 0.6 is 11.3 Å². The predicted molar refractivity (Wildman–Crippen MR) is 197 cm³/mol. The molecule has 5 heterocycles. The molecule has 1 unspecified atom stereocenters. The Bertz CT molecular complexity index is 1720. The van der Waals surface area contributed by atoms with Crippen molar-refractivity contribution in [3.63, 3.8) is 0 Å². The molecule has 2 aromatic heterocycles. The fourth-order valence-electron chi connectivity index (χ4n) is 7.22. The molecule has 3 aliphatic heterocycles. The number of pyridine rings is 1. The molecule has 11 heteroatoms. The van der Waals surface area contributed by atoms with Gasteiger partial charge in [0.1, 0.15) is 17.6 Å². The summed E-state index contributed by atoms with van der Waals surface area (Å²) in [7, 11) is 0. The first-order chi connectivity index (χ1) is 24.4. The number of aromatic amines is 1. The van der Waals surface area contributed by atoms with Crippen molar-refractivity contribution < 1.29 is 24.5 Å². The number of nitrogens with zero attached hydrogens (tertiary/aromatic N) is 1. The van der Waals surface area contributed by atoms with Crippen LogP contribution in [0.3, 0.4) is 0 Å². The molecule has 3 aliphatic rings. The van der Waals surface area contributed by atoms with Crippen LogP contribution in [0.15, 0.2) is 70.8 Å². The lowest BCUT2D eigenvalue weighted by molar-refractivity contribution is -0.0336. The average Bonchev–Trinajstić information content (AvgIpc) is 3.67. The van der Waals surface area contributed by atoms with E-state index in [1.165, 1.54) is 25.0 Å². The zero-order valence-electron chi connectivity index (χ0n) is 28.6. The van der Waals surface area contributed by atoms with Crippen LogP contribution in [0.5, 0.6) is 11.5 Å². The van der Waals surface area contributed by atoms with Crippen molar-refractivity contribution in [2.75, 3.05) is 39.3 Å². The Hall–Kier alpha value is -3.90. The summed E-state index contributed by atoms with van der Waals surface area (Å²) in [5.74, 6) is 1.27. The topological polar surface area (TPSA) is 136 Å². The van der Waals surface area contributed by atoms with E-state index in [1.54, 1.807) is 23.5 Å². The van der Waals surface area contributed by atoms with E-state index >= 15 is 0 Å².